The summed E-state index contributed by atoms with van der Waals surface area (Å²) in [6.07, 6.45) is 0. The molecule has 3 nitrogen and oxygen atoms in total. The fraction of sp³-hybridized carbons (Fsp3) is 0. The van der Waals surface area contributed by atoms with Crippen molar-refractivity contribution in [3.63, 3.8) is 0 Å². The molecule has 0 fully saturated rings. The van der Waals surface area contributed by atoms with Crippen molar-refractivity contribution >= 4 is 47.6 Å². The highest BCUT2D eigenvalue weighted by Crippen LogP contribution is 2.28. The standard InChI is InChI=1S/C18H13Br2NO2S/c19-17-11-8-15(12-18(17)20)21-24(22,23)16-9-6-14(7-10-16)13-4-2-1-3-5-13/h1-12,21H. The van der Waals surface area contributed by atoms with Crippen molar-refractivity contribution in [2.24, 2.45) is 0 Å². The Hall–Kier alpha value is -1.63. The minimum Gasteiger partial charge on any atom is -0.280 e. The van der Waals surface area contributed by atoms with Crippen molar-refractivity contribution in [1.82, 2.24) is 0 Å². The van der Waals surface area contributed by atoms with Gasteiger partial charge in [0.25, 0.3) is 10.0 Å². The molecule has 1 N–H and O–H groups in total. The van der Waals surface area contributed by atoms with Crippen molar-refractivity contribution in [2.75, 3.05) is 4.72 Å². The van der Waals surface area contributed by atoms with Crippen LogP contribution >= 0.6 is 31.9 Å². The fourth-order valence-electron chi connectivity index (χ4n) is 2.23. The number of rotatable bonds is 4. The van der Waals surface area contributed by atoms with Gasteiger partial charge in [-0.3, -0.25) is 4.72 Å². The zero-order valence-corrected chi connectivity index (χ0v) is 16.4. The van der Waals surface area contributed by atoms with E-state index < -0.39 is 10.0 Å². The van der Waals surface area contributed by atoms with Crippen molar-refractivity contribution in [2.45, 2.75) is 4.90 Å². The molecule has 0 amide bonds. The van der Waals surface area contributed by atoms with Crippen LogP contribution in [-0.4, -0.2) is 8.42 Å². The van der Waals surface area contributed by atoms with E-state index >= 15 is 0 Å². The average molecular weight is 467 g/mol. The third kappa shape index (κ3) is 3.88. The van der Waals surface area contributed by atoms with E-state index in [0.29, 0.717) is 5.69 Å². The van der Waals surface area contributed by atoms with Gasteiger partial charge in [-0.1, -0.05) is 42.5 Å². The van der Waals surface area contributed by atoms with Gasteiger partial charge in [-0.2, -0.15) is 0 Å². The molecular formula is C18H13Br2NO2S. The zero-order valence-electron chi connectivity index (χ0n) is 12.4. The highest BCUT2D eigenvalue weighted by Gasteiger charge is 2.14. The van der Waals surface area contributed by atoms with Crippen molar-refractivity contribution in [3.8, 4) is 11.1 Å². The quantitative estimate of drug-likeness (QED) is 0.537. The number of benzene rings is 3. The summed E-state index contributed by atoms with van der Waals surface area (Å²) in [5.74, 6) is 0. The van der Waals surface area contributed by atoms with Crippen LogP contribution in [0.5, 0.6) is 0 Å². The summed E-state index contributed by atoms with van der Waals surface area (Å²) < 4.78 is 29.2. The number of halogens is 2. The molecule has 0 atom stereocenters. The van der Waals surface area contributed by atoms with Crippen LogP contribution in [-0.2, 0) is 10.0 Å². The molecule has 0 unspecified atom stereocenters. The predicted octanol–water partition coefficient (Wildman–Crippen LogP) is 5.68. The lowest BCUT2D eigenvalue weighted by atomic mass is 10.1. The number of anilines is 1. The fourth-order valence-corrected chi connectivity index (χ4v) is 3.91. The van der Waals surface area contributed by atoms with Gasteiger partial charge >= 0.3 is 0 Å². The molecule has 0 saturated carbocycles. The summed E-state index contributed by atoms with van der Waals surface area (Å²) in [4.78, 5) is 0.223. The van der Waals surface area contributed by atoms with Gasteiger partial charge in [0.2, 0.25) is 0 Å². The third-order valence-electron chi connectivity index (χ3n) is 3.44. The van der Waals surface area contributed by atoms with Crippen LogP contribution in [0.15, 0.2) is 86.6 Å². The molecule has 3 rings (SSSR count). The largest absolute Gasteiger partial charge is 0.280 e. The molecule has 0 aliphatic heterocycles. The summed E-state index contributed by atoms with van der Waals surface area (Å²) in [5, 5.41) is 0. The average Bonchev–Trinajstić information content (AvgIpc) is 2.59. The van der Waals surface area contributed by atoms with Crippen molar-refractivity contribution in [3.05, 3.63) is 81.7 Å². The van der Waals surface area contributed by atoms with E-state index in [1.54, 1.807) is 42.5 Å². The predicted molar refractivity (Wildman–Crippen MR) is 105 cm³/mol. The summed E-state index contributed by atoms with van der Waals surface area (Å²) in [5.41, 5.74) is 2.52. The Labute approximate surface area is 158 Å². The molecular weight excluding hydrogens is 454 g/mol. The number of hydrogen-bond donors (Lipinski definition) is 1. The molecule has 0 radical (unpaired) electrons. The molecule has 0 aliphatic carbocycles. The molecule has 0 saturated heterocycles. The number of sulfonamides is 1. The van der Waals surface area contributed by atoms with Gasteiger partial charge in [0.05, 0.1) is 10.6 Å². The maximum Gasteiger partial charge on any atom is 0.261 e. The molecule has 6 heteroatoms. The van der Waals surface area contributed by atoms with Crippen LogP contribution < -0.4 is 4.72 Å². The maximum absolute atomic E-state index is 12.5. The van der Waals surface area contributed by atoms with Crippen molar-refractivity contribution < 1.29 is 8.42 Å². The van der Waals surface area contributed by atoms with E-state index in [1.807, 2.05) is 30.3 Å². The molecule has 122 valence electrons. The van der Waals surface area contributed by atoms with Gasteiger partial charge in [0, 0.05) is 8.95 Å². The summed E-state index contributed by atoms with van der Waals surface area (Å²) in [7, 11) is -3.63. The Morgan fingerprint density at radius 1 is 0.708 bits per heavy atom. The normalized spacial score (nSPS) is 11.2. The maximum atomic E-state index is 12.5. The first-order valence-corrected chi connectivity index (χ1v) is 10.2. The molecule has 0 aromatic heterocycles. The molecule has 0 bridgehead atoms. The topological polar surface area (TPSA) is 46.2 Å². The molecule has 24 heavy (non-hydrogen) atoms. The first kappa shape index (κ1) is 17.2. The Kier molecular flexibility index (Phi) is 5.08. The Morgan fingerprint density at radius 3 is 1.96 bits per heavy atom. The lowest BCUT2D eigenvalue weighted by molar-refractivity contribution is 0.601. The minimum atomic E-state index is -3.63. The van der Waals surface area contributed by atoms with Gasteiger partial charge in [-0.05, 0) is 73.3 Å². The molecule has 0 heterocycles. The van der Waals surface area contributed by atoms with Gasteiger partial charge in [-0.15, -0.1) is 0 Å². The summed E-state index contributed by atoms with van der Waals surface area (Å²) in [6.45, 7) is 0. The van der Waals surface area contributed by atoms with Gasteiger partial charge in [0.15, 0.2) is 0 Å². The van der Waals surface area contributed by atoms with Crippen molar-refractivity contribution in [1.29, 1.82) is 0 Å². The van der Waals surface area contributed by atoms with Gasteiger partial charge < -0.3 is 0 Å². The Balaban J connectivity index is 1.86. The lowest BCUT2D eigenvalue weighted by Crippen LogP contribution is -2.12. The van der Waals surface area contributed by atoms with E-state index in [4.69, 9.17) is 0 Å². The van der Waals surface area contributed by atoms with Crippen LogP contribution in [0, 0.1) is 0 Å². The first-order valence-electron chi connectivity index (χ1n) is 7.09. The van der Waals surface area contributed by atoms with Crippen LogP contribution in [0.2, 0.25) is 0 Å². The smallest absolute Gasteiger partial charge is 0.261 e. The molecule has 3 aromatic rings. The van der Waals surface area contributed by atoms with E-state index in [1.165, 1.54) is 0 Å². The second kappa shape index (κ2) is 7.09. The highest BCUT2D eigenvalue weighted by atomic mass is 79.9. The highest BCUT2D eigenvalue weighted by molar-refractivity contribution is 9.13. The van der Waals surface area contributed by atoms with Crippen LogP contribution in [0.1, 0.15) is 0 Å². The van der Waals surface area contributed by atoms with Crippen LogP contribution in [0.3, 0.4) is 0 Å². The Morgan fingerprint density at radius 2 is 1.33 bits per heavy atom. The minimum absolute atomic E-state index is 0.223. The SMILES string of the molecule is O=S(=O)(Nc1ccc(Br)c(Br)c1)c1ccc(-c2ccccc2)cc1. The Bertz CT molecular complexity index is 956. The van der Waals surface area contributed by atoms with E-state index in [-0.39, 0.29) is 4.90 Å². The third-order valence-corrected chi connectivity index (χ3v) is 6.72. The van der Waals surface area contributed by atoms with Crippen LogP contribution in [0.4, 0.5) is 5.69 Å². The first-order chi connectivity index (χ1) is 11.5. The number of hydrogen-bond acceptors (Lipinski definition) is 2. The van der Waals surface area contributed by atoms with E-state index in [0.717, 1.165) is 20.1 Å². The zero-order chi connectivity index (χ0) is 17.2. The molecule has 3 aromatic carbocycles. The van der Waals surface area contributed by atoms with E-state index in [2.05, 4.69) is 36.6 Å². The summed E-state index contributed by atoms with van der Waals surface area (Å²) in [6, 6.07) is 21.8. The molecule has 0 aliphatic rings. The second-order valence-corrected chi connectivity index (χ2v) is 8.52. The monoisotopic (exact) mass is 465 g/mol. The van der Waals surface area contributed by atoms with Gasteiger partial charge in [0.1, 0.15) is 0 Å². The second-order valence-electron chi connectivity index (χ2n) is 5.12. The molecule has 0 spiro atoms. The number of nitrogens with one attached hydrogen (secondary N) is 1. The van der Waals surface area contributed by atoms with Gasteiger partial charge in [-0.25, -0.2) is 8.42 Å². The summed E-state index contributed by atoms with van der Waals surface area (Å²) >= 11 is 6.72. The lowest BCUT2D eigenvalue weighted by Gasteiger charge is -2.10. The van der Waals surface area contributed by atoms with E-state index in [9.17, 15) is 8.42 Å². The van der Waals surface area contributed by atoms with Crippen LogP contribution in [0.25, 0.3) is 11.1 Å².